The highest BCUT2D eigenvalue weighted by atomic mass is 35.5. The Morgan fingerprint density at radius 1 is 1.04 bits per heavy atom. The number of benzene rings is 2. The Labute approximate surface area is 169 Å². The van der Waals surface area contributed by atoms with Gasteiger partial charge < -0.3 is 4.42 Å². The van der Waals surface area contributed by atoms with Crippen LogP contribution in [-0.2, 0) is 4.79 Å². The summed E-state index contributed by atoms with van der Waals surface area (Å²) in [4.78, 5) is 26.3. The second-order valence-corrected chi connectivity index (χ2v) is 7.28. The molecule has 0 atom stereocenters. The molecular formula is C21H11ClN2O3S. The van der Waals surface area contributed by atoms with E-state index in [0.717, 1.165) is 16.7 Å². The molecule has 0 unspecified atom stereocenters. The molecule has 4 rings (SSSR count). The lowest BCUT2D eigenvalue weighted by Gasteiger charge is -2.11. The summed E-state index contributed by atoms with van der Waals surface area (Å²) >= 11 is 6.71. The van der Waals surface area contributed by atoms with E-state index in [4.69, 9.17) is 16.0 Å². The molecule has 0 spiro atoms. The van der Waals surface area contributed by atoms with Crippen molar-refractivity contribution in [3.05, 3.63) is 81.9 Å². The summed E-state index contributed by atoms with van der Waals surface area (Å²) in [5.41, 5.74) is 1.61. The summed E-state index contributed by atoms with van der Waals surface area (Å²) in [6.07, 6.45) is 1.53. The van der Waals surface area contributed by atoms with Gasteiger partial charge in [0.05, 0.1) is 22.2 Å². The van der Waals surface area contributed by atoms with Crippen LogP contribution in [0.25, 0.3) is 17.4 Å². The van der Waals surface area contributed by atoms with Gasteiger partial charge in [0.15, 0.2) is 0 Å². The fraction of sp³-hybridized carbons (Fsp3) is 0. The van der Waals surface area contributed by atoms with Crippen molar-refractivity contribution in [3.63, 3.8) is 0 Å². The van der Waals surface area contributed by atoms with Crippen LogP contribution >= 0.6 is 23.4 Å². The average Bonchev–Trinajstić information content (AvgIpc) is 3.27. The number of hydrogen-bond acceptors (Lipinski definition) is 5. The Morgan fingerprint density at radius 2 is 1.79 bits per heavy atom. The zero-order valence-electron chi connectivity index (χ0n) is 14.3. The van der Waals surface area contributed by atoms with Crippen LogP contribution in [0.3, 0.4) is 0 Å². The van der Waals surface area contributed by atoms with E-state index in [1.807, 2.05) is 6.07 Å². The minimum Gasteiger partial charge on any atom is -0.457 e. The normalized spacial score (nSPS) is 15.3. The van der Waals surface area contributed by atoms with E-state index < -0.39 is 5.91 Å². The molecule has 1 aliphatic rings. The van der Waals surface area contributed by atoms with E-state index in [0.29, 0.717) is 33.4 Å². The third kappa shape index (κ3) is 3.33. The lowest BCUT2D eigenvalue weighted by molar-refractivity contribution is -0.113. The van der Waals surface area contributed by atoms with Crippen LogP contribution in [0, 0.1) is 11.3 Å². The van der Waals surface area contributed by atoms with Gasteiger partial charge in [-0.25, -0.2) is 4.90 Å². The van der Waals surface area contributed by atoms with Crippen molar-refractivity contribution in [1.29, 1.82) is 5.26 Å². The first-order valence-electron chi connectivity index (χ1n) is 8.19. The monoisotopic (exact) mass is 406 g/mol. The van der Waals surface area contributed by atoms with Crippen molar-refractivity contribution < 1.29 is 14.0 Å². The number of imide groups is 1. The molecule has 2 aromatic carbocycles. The topological polar surface area (TPSA) is 74.3 Å². The van der Waals surface area contributed by atoms with Gasteiger partial charge in [0.1, 0.15) is 11.5 Å². The summed E-state index contributed by atoms with van der Waals surface area (Å²) in [5.74, 6) is 0.511. The first-order chi connectivity index (χ1) is 13.6. The van der Waals surface area contributed by atoms with Crippen LogP contribution in [0.2, 0.25) is 5.02 Å². The van der Waals surface area contributed by atoms with Crippen LogP contribution in [0.1, 0.15) is 11.3 Å². The standard InChI is InChI=1S/C21H11ClN2O3S/c22-14-5-7-15(8-6-14)24-20(25)19(28-21(24)26)11-16-9-10-18(27-16)17-4-2-1-3-13(17)12-23/h1-11H/b19-11+. The van der Waals surface area contributed by atoms with Crippen molar-refractivity contribution in [3.8, 4) is 17.4 Å². The van der Waals surface area contributed by atoms with E-state index in [-0.39, 0.29) is 10.1 Å². The molecule has 0 N–H and O–H groups in total. The molecule has 0 saturated carbocycles. The molecule has 1 aliphatic heterocycles. The summed E-state index contributed by atoms with van der Waals surface area (Å²) in [6, 6.07) is 19.1. The van der Waals surface area contributed by atoms with Crippen LogP contribution < -0.4 is 4.90 Å². The van der Waals surface area contributed by atoms with E-state index in [1.54, 1.807) is 54.6 Å². The second kappa shape index (κ2) is 7.39. The molecule has 7 heteroatoms. The number of furan rings is 1. The first-order valence-corrected chi connectivity index (χ1v) is 9.39. The van der Waals surface area contributed by atoms with Gasteiger partial charge in [-0.2, -0.15) is 5.26 Å². The molecule has 1 saturated heterocycles. The molecule has 28 heavy (non-hydrogen) atoms. The zero-order valence-corrected chi connectivity index (χ0v) is 15.8. The summed E-state index contributed by atoms with van der Waals surface area (Å²) in [6.45, 7) is 0. The predicted molar refractivity (Wildman–Crippen MR) is 109 cm³/mol. The van der Waals surface area contributed by atoms with Gasteiger partial charge in [-0.3, -0.25) is 9.59 Å². The Kier molecular flexibility index (Phi) is 4.78. The molecule has 1 fully saturated rings. The van der Waals surface area contributed by atoms with Gasteiger partial charge in [-0.05, 0) is 60.3 Å². The van der Waals surface area contributed by atoms with Crippen molar-refractivity contribution in [2.45, 2.75) is 0 Å². The molecule has 5 nitrogen and oxygen atoms in total. The highest BCUT2D eigenvalue weighted by Crippen LogP contribution is 2.36. The molecule has 0 bridgehead atoms. The van der Waals surface area contributed by atoms with Crippen LogP contribution in [0.15, 0.2) is 70.0 Å². The molecule has 0 radical (unpaired) electrons. The van der Waals surface area contributed by atoms with E-state index in [1.165, 1.54) is 6.08 Å². The molecule has 3 aromatic rings. The number of anilines is 1. The maximum atomic E-state index is 12.7. The summed E-state index contributed by atoms with van der Waals surface area (Å²) < 4.78 is 5.77. The number of nitrogens with zero attached hydrogens (tertiary/aromatic N) is 2. The molecular weight excluding hydrogens is 396 g/mol. The Bertz CT molecular complexity index is 1160. The SMILES string of the molecule is N#Cc1ccccc1-c1ccc(/C=C2/SC(=O)N(c3ccc(Cl)cc3)C2=O)o1. The van der Waals surface area contributed by atoms with E-state index in [9.17, 15) is 14.9 Å². The molecule has 2 amide bonds. The number of carbonyl (C=O) groups is 2. The second-order valence-electron chi connectivity index (χ2n) is 5.85. The van der Waals surface area contributed by atoms with Crippen molar-refractivity contribution >= 4 is 46.3 Å². The quantitative estimate of drug-likeness (QED) is 0.520. The van der Waals surface area contributed by atoms with Gasteiger partial charge in [-0.1, -0.05) is 23.7 Å². The van der Waals surface area contributed by atoms with Gasteiger partial charge in [0.2, 0.25) is 0 Å². The lowest BCUT2D eigenvalue weighted by atomic mass is 10.1. The fourth-order valence-electron chi connectivity index (χ4n) is 2.78. The largest absolute Gasteiger partial charge is 0.457 e. The van der Waals surface area contributed by atoms with Crippen LogP contribution in [0.5, 0.6) is 0 Å². The van der Waals surface area contributed by atoms with Gasteiger partial charge >= 0.3 is 0 Å². The number of amides is 2. The molecule has 136 valence electrons. The average molecular weight is 407 g/mol. The third-order valence-corrected chi connectivity index (χ3v) is 5.21. The van der Waals surface area contributed by atoms with Crippen molar-refractivity contribution in [2.75, 3.05) is 4.90 Å². The molecule has 0 aliphatic carbocycles. The summed E-state index contributed by atoms with van der Waals surface area (Å²) in [7, 11) is 0. The van der Waals surface area contributed by atoms with Crippen LogP contribution in [0.4, 0.5) is 10.5 Å². The third-order valence-electron chi connectivity index (χ3n) is 4.09. The minimum absolute atomic E-state index is 0.259. The highest BCUT2D eigenvalue weighted by molar-refractivity contribution is 8.19. The van der Waals surface area contributed by atoms with Gasteiger partial charge in [0.25, 0.3) is 11.1 Å². The molecule has 2 heterocycles. The number of hydrogen-bond donors (Lipinski definition) is 0. The molecule has 1 aromatic heterocycles. The highest BCUT2D eigenvalue weighted by Gasteiger charge is 2.36. The Morgan fingerprint density at radius 3 is 2.54 bits per heavy atom. The number of nitriles is 1. The van der Waals surface area contributed by atoms with Crippen molar-refractivity contribution in [2.24, 2.45) is 0 Å². The summed E-state index contributed by atoms with van der Waals surface area (Å²) in [5, 5.41) is 9.36. The smallest absolute Gasteiger partial charge is 0.298 e. The number of halogens is 1. The minimum atomic E-state index is -0.423. The number of rotatable bonds is 3. The van der Waals surface area contributed by atoms with E-state index >= 15 is 0 Å². The maximum absolute atomic E-state index is 12.7. The van der Waals surface area contributed by atoms with Crippen molar-refractivity contribution in [1.82, 2.24) is 0 Å². The predicted octanol–water partition coefficient (Wildman–Crippen LogP) is 5.71. The van der Waals surface area contributed by atoms with Crippen LogP contribution in [-0.4, -0.2) is 11.1 Å². The Hall–Kier alpha value is -3.27. The fourth-order valence-corrected chi connectivity index (χ4v) is 3.73. The van der Waals surface area contributed by atoms with Gasteiger partial charge in [0, 0.05) is 16.7 Å². The lowest BCUT2D eigenvalue weighted by Crippen LogP contribution is -2.27. The van der Waals surface area contributed by atoms with E-state index in [2.05, 4.69) is 6.07 Å². The number of carbonyl (C=O) groups excluding carboxylic acids is 2. The maximum Gasteiger partial charge on any atom is 0.298 e. The first kappa shape index (κ1) is 18.1. The Balaban J connectivity index is 1.63. The number of thioether (sulfide) groups is 1. The zero-order chi connectivity index (χ0) is 19.7. The van der Waals surface area contributed by atoms with Gasteiger partial charge in [-0.15, -0.1) is 0 Å².